The Bertz CT molecular complexity index is 599. The number of benzene rings is 1. The van der Waals surface area contributed by atoms with Crippen molar-refractivity contribution in [1.29, 1.82) is 0 Å². The Morgan fingerprint density at radius 2 is 1.90 bits per heavy atom. The van der Waals surface area contributed by atoms with Gasteiger partial charge >= 0.3 is 6.36 Å². The van der Waals surface area contributed by atoms with Crippen LogP contribution in [-0.4, -0.2) is 6.36 Å². The van der Waals surface area contributed by atoms with Gasteiger partial charge in [-0.1, -0.05) is 0 Å². The molecular weight excluding hydrogens is 425 g/mol. The van der Waals surface area contributed by atoms with Crippen LogP contribution in [0, 0.1) is 0 Å². The maximum absolute atomic E-state index is 12.1. The molecule has 0 saturated carbocycles. The van der Waals surface area contributed by atoms with Gasteiger partial charge in [-0.25, -0.2) is 0 Å². The highest BCUT2D eigenvalue weighted by molar-refractivity contribution is 9.10. The Morgan fingerprint density at radius 1 is 1.15 bits per heavy atom. The van der Waals surface area contributed by atoms with E-state index in [1.807, 2.05) is 11.4 Å². The Morgan fingerprint density at radius 3 is 2.45 bits per heavy atom. The number of hydrogen-bond donors (Lipinski definition) is 0. The molecule has 8 heteroatoms. The van der Waals surface area contributed by atoms with E-state index in [0.29, 0.717) is 12.4 Å². The molecule has 0 atom stereocenters. The number of thiophene rings is 1. The quantitative estimate of drug-likeness (QED) is 0.613. The molecule has 0 radical (unpaired) electrons. The summed E-state index contributed by atoms with van der Waals surface area (Å²) in [7, 11) is 0. The van der Waals surface area contributed by atoms with Crippen molar-refractivity contribution in [3.63, 3.8) is 0 Å². The second-order valence-corrected chi connectivity index (χ2v) is 6.43. The fourth-order valence-electron chi connectivity index (χ4n) is 1.36. The van der Waals surface area contributed by atoms with E-state index < -0.39 is 6.36 Å². The summed E-state index contributed by atoms with van der Waals surface area (Å²) < 4.78 is 46.8. The summed E-state index contributed by atoms with van der Waals surface area (Å²) >= 11 is 7.88. The molecule has 2 aromatic rings. The van der Waals surface area contributed by atoms with Gasteiger partial charge in [0.15, 0.2) is 0 Å². The second-order valence-electron chi connectivity index (χ2n) is 3.66. The lowest BCUT2D eigenvalue weighted by Crippen LogP contribution is -2.17. The highest BCUT2D eigenvalue weighted by Gasteiger charge is 2.31. The first-order chi connectivity index (χ1) is 9.33. The van der Waals surface area contributed by atoms with Crippen LogP contribution in [0.1, 0.15) is 4.88 Å². The summed E-state index contributed by atoms with van der Waals surface area (Å²) in [6, 6.07) is 5.98. The summed E-state index contributed by atoms with van der Waals surface area (Å²) in [4.78, 5) is 1.00. The van der Waals surface area contributed by atoms with Crippen LogP contribution in [0.15, 0.2) is 38.6 Å². The molecule has 0 spiro atoms. The van der Waals surface area contributed by atoms with Crippen LogP contribution in [0.4, 0.5) is 13.2 Å². The van der Waals surface area contributed by atoms with E-state index in [1.165, 1.54) is 29.5 Å². The van der Waals surface area contributed by atoms with E-state index >= 15 is 0 Å². The van der Waals surface area contributed by atoms with Crippen LogP contribution < -0.4 is 9.47 Å². The number of hydrogen-bond acceptors (Lipinski definition) is 3. The second kappa shape index (κ2) is 6.36. The van der Waals surface area contributed by atoms with Crippen molar-refractivity contribution >= 4 is 43.2 Å². The van der Waals surface area contributed by atoms with E-state index in [-0.39, 0.29) is 10.2 Å². The maximum Gasteiger partial charge on any atom is 0.573 e. The van der Waals surface area contributed by atoms with Crippen molar-refractivity contribution < 1.29 is 22.6 Å². The standard InChI is InChI=1S/C12H7Br2F3O2S/c13-7-3-9(20-6-7)5-18-8-1-2-11(10(14)4-8)19-12(15,16)17/h1-4,6H,5H2. The van der Waals surface area contributed by atoms with Crippen LogP contribution in [0.3, 0.4) is 0 Å². The van der Waals surface area contributed by atoms with E-state index in [1.54, 1.807) is 0 Å². The van der Waals surface area contributed by atoms with Crippen LogP contribution in [0.5, 0.6) is 11.5 Å². The smallest absolute Gasteiger partial charge is 0.488 e. The van der Waals surface area contributed by atoms with Gasteiger partial charge in [-0.15, -0.1) is 24.5 Å². The van der Waals surface area contributed by atoms with Gasteiger partial charge in [0.1, 0.15) is 18.1 Å². The SMILES string of the molecule is FC(F)(F)Oc1ccc(OCc2cc(Br)cs2)cc1Br. The third kappa shape index (κ3) is 4.68. The van der Waals surface area contributed by atoms with Gasteiger partial charge in [0, 0.05) is 14.7 Å². The lowest BCUT2D eigenvalue weighted by molar-refractivity contribution is -0.274. The summed E-state index contributed by atoms with van der Waals surface area (Å²) in [5.41, 5.74) is 0. The molecular formula is C12H7Br2F3O2S. The molecule has 0 aliphatic carbocycles. The zero-order chi connectivity index (χ0) is 14.8. The molecule has 108 valence electrons. The Labute approximate surface area is 133 Å². The molecule has 1 aromatic carbocycles. The van der Waals surface area contributed by atoms with E-state index in [4.69, 9.17) is 4.74 Å². The van der Waals surface area contributed by atoms with Gasteiger partial charge in [-0.2, -0.15) is 0 Å². The predicted molar refractivity (Wildman–Crippen MR) is 77.2 cm³/mol. The van der Waals surface area contributed by atoms with Gasteiger partial charge in [0.05, 0.1) is 4.47 Å². The van der Waals surface area contributed by atoms with Crippen LogP contribution in [-0.2, 0) is 6.61 Å². The largest absolute Gasteiger partial charge is 0.573 e. The van der Waals surface area contributed by atoms with Crippen molar-refractivity contribution in [3.8, 4) is 11.5 Å². The average molecular weight is 432 g/mol. The molecule has 0 amide bonds. The maximum atomic E-state index is 12.1. The zero-order valence-corrected chi connectivity index (χ0v) is 13.7. The molecule has 20 heavy (non-hydrogen) atoms. The van der Waals surface area contributed by atoms with Crippen molar-refractivity contribution in [2.75, 3.05) is 0 Å². The molecule has 0 bridgehead atoms. The number of halogens is 5. The molecule has 0 fully saturated rings. The van der Waals surface area contributed by atoms with Crippen LogP contribution >= 0.6 is 43.2 Å². The minimum Gasteiger partial charge on any atom is -0.488 e. The first kappa shape index (κ1) is 15.7. The fourth-order valence-corrected chi connectivity index (χ4v) is 3.16. The van der Waals surface area contributed by atoms with Crippen molar-refractivity contribution in [2.45, 2.75) is 13.0 Å². The number of alkyl halides is 3. The average Bonchev–Trinajstić information content (AvgIpc) is 2.74. The van der Waals surface area contributed by atoms with E-state index in [0.717, 1.165) is 9.35 Å². The number of ether oxygens (including phenoxy) is 2. The lowest BCUT2D eigenvalue weighted by atomic mass is 10.3. The molecule has 1 aromatic heterocycles. The summed E-state index contributed by atoms with van der Waals surface area (Å²) in [6.45, 7) is 0.349. The minimum absolute atomic E-state index is 0.180. The first-order valence-electron chi connectivity index (χ1n) is 5.24. The lowest BCUT2D eigenvalue weighted by Gasteiger charge is -2.12. The highest BCUT2D eigenvalue weighted by Crippen LogP contribution is 2.33. The molecule has 2 rings (SSSR count). The van der Waals surface area contributed by atoms with Crippen molar-refractivity contribution in [1.82, 2.24) is 0 Å². The summed E-state index contributed by atoms with van der Waals surface area (Å²) in [5.74, 6) is 0.152. The van der Waals surface area contributed by atoms with E-state index in [2.05, 4.69) is 36.6 Å². The zero-order valence-electron chi connectivity index (χ0n) is 9.71. The Hall–Kier alpha value is -0.730. The molecule has 0 saturated heterocycles. The topological polar surface area (TPSA) is 18.5 Å². The van der Waals surface area contributed by atoms with Gasteiger partial charge in [-0.3, -0.25) is 0 Å². The van der Waals surface area contributed by atoms with Crippen LogP contribution in [0.25, 0.3) is 0 Å². The Kier molecular flexibility index (Phi) is 4.98. The van der Waals surface area contributed by atoms with Gasteiger partial charge in [0.2, 0.25) is 0 Å². The fraction of sp³-hybridized carbons (Fsp3) is 0.167. The number of rotatable bonds is 4. The third-order valence-corrected chi connectivity index (χ3v) is 4.42. The van der Waals surface area contributed by atoms with Crippen molar-refractivity contribution in [2.24, 2.45) is 0 Å². The van der Waals surface area contributed by atoms with Gasteiger partial charge < -0.3 is 9.47 Å². The normalized spacial score (nSPS) is 11.4. The highest BCUT2D eigenvalue weighted by atomic mass is 79.9. The first-order valence-corrected chi connectivity index (χ1v) is 7.71. The van der Waals surface area contributed by atoms with Crippen LogP contribution in [0.2, 0.25) is 0 Å². The predicted octanol–water partition coefficient (Wildman–Crippen LogP) is 5.75. The summed E-state index contributed by atoms with van der Waals surface area (Å²) in [6.07, 6.45) is -4.71. The molecule has 1 heterocycles. The minimum atomic E-state index is -4.71. The molecule has 0 aliphatic heterocycles. The summed E-state index contributed by atoms with van der Waals surface area (Å²) in [5, 5.41) is 1.93. The Balaban J connectivity index is 2.01. The molecule has 0 aliphatic rings. The van der Waals surface area contributed by atoms with E-state index in [9.17, 15) is 13.2 Å². The molecule has 0 N–H and O–H groups in total. The third-order valence-electron chi connectivity index (χ3n) is 2.13. The van der Waals surface area contributed by atoms with Crippen molar-refractivity contribution in [3.05, 3.63) is 43.5 Å². The monoisotopic (exact) mass is 430 g/mol. The van der Waals surface area contributed by atoms with Gasteiger partial charge in [-0.05, 0) is 56.1 Å². The molecule has 2 nitrogen and oxygen atoms in total. The van der Waals surface area contributed by atoms with Gasteiger partial charge in [0.25, 0.3) is 0 Å². The molecule has 0 unspecified atom stereocenters.